The number of nitrogens with zero attached hydrogens (tertiary/aromatic N) is 1. The molecular formula is C12H16F2N2O4S. The van der Waals surface area contributed by atoms with Crippen LogP contribution in [0.4, 0.5) is 8.78 Å². The van der Waals surface area contributed by atoms with Crippen LogP contribution in [0.1, 0.15) is 12.8 Å². The lowest BCUT2D eigenvalue weighted by atomic mass is 10.3. The molecule has 0 radical (unpaired) electrons. The van der Waals surface area contributed by atoms with Crippen molar-refractivity contribution in [2.75, 3.05) is 20.7 Å². The lowest BCUT2D eigenvalue weighted by Crippen LogP contribution is -2.22. The minimum absolute atomic E-state index is 0.106. The van der Waals surface area contributed by atoms with E-state index in [4.69, 9.17) is 9.88 Å². The van der Waals surface area contributed by atoms with Crippen LogP contribution >= 0.6 is 0 Å². The molecule has 0 fully saturated rings. The molecule has 0 saturated heterocycles. The normalized spacial score (nSPS) is 11.3. The molecule has 0 heterocycles. The van der Waals surface area contributed by atoms with Gasteiger partial charge >= 0.3 is 0 Å². The summed E-state index contributed by atoms with van der Waals surface area (Å²) in [6.45, 7) is -0.106. The molecule has 0 bridgehead atoms. The van der Waals surface area contributed by atoms with Gasteiger partial charge in [0.15, 0.2) is 11.6 Å². The molecule has 6 nitrogen and oxygen atoms in total. The third kappa shape index (κ3) is 4.94. The van der Waals surface area contributed by atoms with Gasteiger partial charge in [0.05, 0.1) is 6.61 Å². The molecule has 0 aliphatic rings. The fourth-order valence-corrected chi connectivity index (χ4v) is 2.20. The van der Waals surface area contributed by atoms with Crippen LogP contribution < -0.4 is 9.88 Å². The van der Waals surface area contributed by atoms with Gasteiger partial charge in [-0.1, -0.05) is 0 Å². The summed E-state index contributed by atoms with van der Waals surface area (Å²) in [7, 11) is -1.16. The highest BCUT2D eigenvalue weighted by Crippen LogP contribution is 2.27. The lowest BCUT2D eigenvalue weighted by molar-refractivity contribution is -0.128. The van der Waals surface area contributed by atoms with Crippen LogP contribution in [0.15, 0.2) is 17.0 Å². The average Bonchev–Trinajstić information content (AvgIpc) is 2.34. The number of halogens is 2. The van der Waals surface area contributed by atoms with Crippen molar-refractivity contribution in [1.29, 1.82) is 0 Å². The molecule has 1 rings (SSSR count). The molecule has 0 unspecified atom stereocenters. The summed E-state index contributed by atoms with van der Waals surface area (Å²) >= 11 is 0. The molecule has 2 N–H and O–H groups in total. The van der Waals surface area contributed by atoms with Gasteiger partial charge in [-0.3, -0.25) is 4.79 Å². The monoisotopic (exact) mass is 322 g/mol. The van der Waals surface area contributed by atoms with E-state index in [9.17, 15) is 22.0 Å². The zero-order valence-electron chi connectivity index (χ0n) is 11.6. The standard InChI is InChI=1S/C12H16F2N2O4S/c1-16(2)11(17)4-3-5-20-12-9(14)6-8(13)7-10(12)21(15,18)19/h6-7H,3-5H2,1-2H3,(H2,15,18,19). The third-order valence-corrected chi connectivity index (χ3v) is 3.48. The first-order chi connectivity index (χ1) is 9.62. The average molecular weight is 322 g/mol. The number of carbonyl (C=O) groups excluding carboxylic acids is 1. The minimum Gasteiger partial charge on any atom is -0.489 e. The molecule has 1 aromatic rings. The number of hydrogen-bond acceptors (Lipinski definition) is 4. The van der Waals surface area contributed by atoms with Gasteiger partial charge in [0.2, 0.25) is 15.9 Å². The van der Waals surface area contributed by atoms with Gasteiger partial charge in [-0.2, -0.15) is 0 Å². The summed E-state index contributed by atoms with van der Waals surface area (Å²) in [6, 6.07) is 1.08. The van der Waals surface area contributed by atoms with Crippen molar-refractivity contribution in [1.82, 2.24) is 4.90 Å². The van der Waals surface area contributed by atoms with E-state index in [1.54, 1.807) is 14.1 Å². The van der Waals surface area contributed by atoms with Crippen LogP contribution in [0.2, 0.25) is 0 Å². The summed E-state index contributed by atoms with van der Waals surface area (Å²) in [5.41, 5.74) is 0. The SMILES string of the molecule is CN(C)C(=O)CCCOc1c(F)cc(F)cc1S(N)(=O)=O. The molecule has 0 aliphatic heterocycles. The number of rotatable bonds is 6. The van der Waals surface area contributed by atoms with Crippen molar-refractivity contribution >= 4 is 15.9 Å². The lowest BCUT2D eigenvalue weighted by Gasteiger charge is -2.12. The van der Waals surface area contributed by atoms with E-state index in [2.05, 4.69) is 0 Å². The smallest absolute Gasteiger partial charge is 0.241 e. The number of benzene rings is 1. The molecule has 21 heavy (non-hydrogen) atoms. The fraction of sp³-hybridized carbons (Fsp3) is 0.417. The third-order valence-electron chi connectivity index (χ3n) is 2.56. The number of ether oxygens (including phenoxy) is 1. The highest BCUT2D eigenvalue weighted by atomic mass is 32.2. The Balaban J connectivity index is 2.82. The molecule has 118 valence electrons. The summed E-state index contributed by atoms with van der Waals surface area (Å²) in [6.07, 6.45) is 0.401. The van der Waals surface area contributed by atoms with Crippen LogP contribution in [0, 0.1) is 11.6 Å². The van der Waals surface area contributed by atoms with Crippen molar-refractivity contribution in [3.8, 4) is 5.75 Å². The minimum atomic E-state index is -4.33. The van der Waals surface area contributed by atoms with Gasteiger partial charge in [-0.15, -0.1) is 0 Å². The van der Waals surface area contributed by atoms with Gasteiger partial charge < -0.3 is 9.64 Å². The molecule has 1 amide bonds. The highest BCUT2D eigenvalue weighted by molar-refractivity contribution is 7.89. The van der Waals surface area contributed by atoms with Crippen LogP contribution in [0.25, 0.3) is 0 Å². The maximum Gasteiger partial charge on any atom is 0.241 e. The number of nitrogens with two attached hydrogens (primary N) is 1. The van der Waals surface area contributed by atoms with E-state index < -0.39 is 32.3 Å². The number of hydrogen-bond donors (Lipinski definition) is 1. The van der Waals surface area contributed by atoms with Crippen LogP contribution in [-0.4, -0.2) is 39.9 Å². The van der Waals surface area contributed by atoms with Gasteiger partial charge in [0.25, 0.3) is 0 Å². The van der Waals surface area contributed by atoms with E-state index in [0.717, 1.165) is 0 Å². The summed E-state index contributed by atoms with van der Waals surface area (Å²) in [5.74, 6) is -3.04. The Morgan fingerprint density at radius 2 is 1.95 bits per heavy atom. The molecule has 9 heteroatoms. The number of carbonyl (C=O) groups is 1. The van der Waals surface area contributed by atoms with E-state index in [1.807, 2.05) is 0 Å². The van der Waals surface area contributed by atoms with Gasteiger partial charge in [-0.05, 0) is 12.5 Å². The van der Waals surface area contributed by atoms with Gasteiger partial charge in [0.1, 0.15) is 10.7 Å². The van der Waals surface area contributed by atoms with Gasteiger partial charge in [0, 0.05) is 26.6 Å². The van der Waals surface area contributed by atoms with Gasteiger partial charge in [-0.25, -0.2) is 22.3 Å². The second-order valence-electron chi connectivity index (χ2n) is 4.50. The van der Waals surface area contributed by atoms with Crippen molar-refractivity contribution < 1.29 is 26.7 Å². The second-order valence-corrected chi connectivity index (χ2v) is 6.03. The second kappa shape index (κ2) is 6.81. The Morgan fingerprint density at radius 1 is 1.33 bits per heavy atom. The van der Waals surface area contributed by atoms with E-state index in [1.165, 1.54) is 4.90 Å². The maximum absolute atomic E-state index is 13.6. The van der Waals surface area contributed by atoms with Crippen molar-refractivity contribution in [3.05, 3.63) is 23.8 Å². The fourth-order valence-electron chi connectivity index (χ4n) is 1.51. The molecule has 0 atom stereocenters. The number of amides is 1. The van der Waals surface area contributed by atoms with Crippen LogP contribution in [0.5, 0.6) is 5.75 Å². The summed E-state index contributed by atoms with van der Waals surface area (Å²) < 4.78 is 54.2. The molecule has 0 aromatic heterocycles. The molecular weight excluding hydrogens is 306 g/mol. The van der Waals surface area contributed by atoms with Crippen LogP contribution in [-0.2, 0) is 14.8 Å². The zero-order chi connectivity index (χ0) is 16.2. The Hall–Kier alpha value is -1.74. The first-order valence-electron chi connectivity index (χ1n) is 5.97. The first kappa shape index (κ1) is 17.3. The quantitative estimate of drug-likeness (QED) is 0.787. The predicted octanol–water partition coefficient (Wildman–Crippen LogP) is 0.859. The Morgan fingerprint density at radius 3 is 2.48 bits per heavy atom. The predicted molar refractivity (Wildman–Crippen MR) is 71.2 cm³/mol. The first-order valence-corrected chi connectivity index (χ1v) is 7.52. The Kier molecular flexibility index (Phi) is 5.62. The van der Waals surface area contributed by atoms with E-state index in [-0.39, 0.29) is 25.4 Å². The summed E-state index contributed by atoms with van der Waals surface area (Å²) in [5, 5.41) is 4.89. The van der Waals surface area contributed by atoms with Crippen molar-refractivity contribution in [2.24, 2.45) is 5.14 Å². The Bertz CT molecular complexity index is 632. The van der Waals surface area contributed by atoms with E-state index in [0.29, 0.717) is 12.1 Å². The largest absolute Gasteiger partial charge is 0.489 e. The molecule has 0 saturated carbocycles. The maximum atomic E-state index is 13.6. The van der Waals surface area contributed by atoms with Crippen molar-refractivity contribution in [3.63, 3.8) is 0 Å². The van der Waals surface area contributed by atoms with E-state index >= 15 is 0 Å². The Labute approximate surface area is 121 Å². The molecule has 1 aromatic carbocycles. The number of sulfonamides is 1. The van der Waals surface area contributed by atoms with Crippen LogP contribution in [0.3, 0.4) is 0 Å². The number of primary sulfonamides is 1. The van der Waals surface area contributed by atoms with Crippen molar-refractivity contribution in [2.45, 2.75) is 17.7 Å². The topological polar surface area (TPSA) is 89.7 Å². The highest BCUT2D eigenvalue weighted by Gasteiger charge is 2.21. The summed E-state index contributed by atoms with van der Waals surface area (Å²) in [4.78, 5) is 11.9. The molecule has 0 aliphatic carbocycles. The molecule has 0 spiro atoms. The zero-order valence-corrected chi connectivity index (χ0v) is 12.4.